The highest BCUT2D eigenvalue weighted by Crippen LogP contribution is 2.16. The summed E-state index contributed by atoms with van der Waals surface area (Å²) >= 11 is 1.68. The van der Waals surface area contributed by atoms with E-state index in [1.807, 2.05) is 30.5 Å². The van der Waals surface area contributed by atoms with Gasteiger partial charge in [0.15, 0.2) is 5.69 Å². The molecular weight excluding hydrogens is 290 g/mol. The minimum absolute atomic E-state index is 0.00668. The van der Waals surface area contributed by atoms with Crippen LogP contribution in [0.15, 0.2) is 29.2 Å². The fourth-order valence-electron chi connectivity index (χ4n) is 1.98. The normalized spacial score (nSPS) is 10.8. The molecule has 0 aliphatic carbocycles. The third kappa shape index (κ3) is 3.83. The molecule has 1 heterocycles. The van der Waals surface area contributed by atoms with Gasteiger partial charge in [-0.25, -0.2) is 9.48 Å². The lowest BCUT2D eigenvalue weighted by molar-refractivity contribution is 0.0688. The average molecular weight is 307 g/mol. The highest BCUT2D eigenvalue weighted by molar-refractivity contribution is 7.98. The van der Waals surface area contributed by atoms with Crippen molar-refractivity contribution in [1.29, 1.82) is 0 Å². The fourth-order valence-corrected chi connectivity index (χ4v) is 2.38. The lowest BCUT2D eigenvalue weighted by Crippen LogP contribution is -2.11. The quantitative estimate of drug-likeness (QED) is 0.788. The molecule has 0 amide bonds. The molecule has 0 saturated heterocycles. The van der Waals surface area contributed by atoms with Gasteiger partial charge in [-0.1, -0.05) is 17.3 Å². The molecule has 0 spiro atoms. The van der Waals surface area contributed by atoms with E-state index in [1.165, 1.54) is 4.90 Å². The molecule has 1 aromatic carbocycles. The van der Waals surface area contributed by atoms with Gasteiger partial charge in [-0.05, 0) is 24.0 Å². The highest BCUT2D eigenvalue weighted by Gasteiger charge is 2.18. The molecule has 1 N–H and O–H groups in total. The van der Waals surface area contributed by atoms with Crippen LogP contribution in [0, 0.1) is 0 Å². The molecule has 0 fully saturated rings. The molecule has 0 radical (unpaired) electrons. The molecular formula is C14H17N3O3S. The Morgan fingerprint density at radius 2 is 2.10 bits per heavy atom. The third-order valence-corrected chi connectivity index (χ3v) is 3.82. The Morgan fingerprint density at radius 3 is 2.67 bits per heavy atom. The number of carboxylic acids is 1. The molecule has 6 nitrogen and oxygen atoms in total. The summed E-state index contributed by atoms with van der Waals surface area (Å²) < 4.78 is 6.64. The van der Waals surface area contributed by atoms with Crippen molar-refractivity contribution in [2.24, 2.45) is 0 Å². The summed E-state index contributed by atoms with van der Waals surface area (Å²) in [6.45, 7) is 0.924. The van der Waals surface area contributed by atoms with Crippen LogP contribution in [-0.4, -0.2) is 46.0 Å². The minimum atomic E-state index is -1.06. The van der Waals surface area contributed by atoms with Crippen molar-refractivity contribution in [2.75, 3.05) is 20.0 Å². The van der Waals surface area contributed by atoms with E-state index in [4.69, 9.17) is 9.84 Å². The molecule has 0 unspecified atom stereocenters. The third-order valence-electron chi connectivity index (χ3n) is 3.07. The van der Waals surface area contributed by atoms with Gasteiger partial charge in [-0.2, -0.15) is 0 Å². The summed E-state index contributed by atoms with van der Waals surface area (Å²) in [6.07, 6.45) is 2.49. The number of hydrogen-bond donors (Lipinski definition) is 1. The number of thioether (sulfide) groups is 1. The topological polar surface area (TPSA) is 77.2 Å². The molecule has 0 bridgehead atoms. The van der Waals surface area contributed by atoms with Gasteiger partial charge in [0.05, 0.1) is 18.8 Å². The summed E-state index contributed by atoms with van der Waals surface area (Å²) in [5.74, 6) is -1.06. The summed E-state index contributed by atoms with van der Waals surface area (Å²) in [4.78, 5) is 12.4. The van der Waals surface area contributed by atoms with Crippen LogP contribution < -0.4 is 0 Å². The molecule has 1 aromatic heterocycles. The predicted molar refractivity (Wildman–Crippen MR) is 79.9 cm³/mol. The number of nitrogens with zero attached hydrogens (tertiary/aromatic N) is 3. The van der Waals surface area contributed by atoms with E-state index in [-0.39, 0.29) is 5.69 Å². The number of carboxylic acid groups (broad SMARTS) is 1. The first-order valence-electron chi connectivity index (χ1n) is 6.43. The number of aromatic carboxylic acids is 1. The van der Waals surface area contributed by atoms with Crippen molar-refractivity contribution < 1.29 is 14.6 Å². The van der Waals surface area contributed by atoms with Crippen LogP contribution in [0.3, 0.4) is 0 Å². The van der Waals surface area contributed by atoms with E-state index in [9.17, 15) is 4.79 Å². The highest BCUT2D eigenvalue weighted by atomic mass is 32.2. The second-order valence-electron chi connectivity index (χ2n) is 4.44. The van der Waals surface area contributed by atoms with Crippen LogP contribution in [0.4, 0.5) is 0 Å². The first-order valence-corrected chi connectivity index (χ1v) is 7.65. The second kappa shape index (κ2) is 7.24. The van der Waals surface area contributed by atoms with Gasteiger partial charge in [0.1, 0.15) is 0 Å². The summed E-state index contributed by atoms with van der Waals surface area (Å²) in [5, 5.41) is 16.9. The number of aromatic nitrogens is 3. The van der Waals surface area contributed by atoms with E-state index in [0.29, 0.717) is 25.3 Å². The maximum atomic E-state index is 11.2. The Morgan fingerprint density at radius 1 is 1.38 bits per heavy atom. The Kier molecular flexibility index (Phi) is 5.35. The van der Waals surface area contributed by atoms with Gasteiger partial charge in [0.25, 0.3) is 0 Å². The van der Waals surface area contributed by atoms with Crippen LogP contribution in [0.1, 0.15) is 21.7 Å². The Balaban J connectivity index is 2.23. The monoisotopic (exact) mass is 307 g/mol. The largest absolute Gasteiger partial charge is 0.476 e. The Labute approximate surface area is 127 Å². The molecule has 0 atom stereocenters. The molecule has 0 aliphatic rings. The second-order valence-corrected chi connectivity index (χ2v) is 5.32. The van der Waals surface area contributed by atoms with Crippen molar-refractivity contribution in [3.63, 3.8) is 0 Å². The summed E-state index contributed by atoms with van der Waals surface area (Å²) in [7, 11) is 1.58. The molecule has 2 aromatic rings. The van der Waals surface area contributed by atoms with Gasteiger partial charge < -0.3 is 9.84 Å². The van der Waals surface area contributed by atoms with Crippen molar-refractivity contribution in [3.05, 3.63) is 41.2 Å². The maximum absolute atomic E-state index is 11.2. The van der Waals surface area contributed by atoms with Gasteiger partial charge in [0, 0.05) is 18.4 Å². The van der Waals surface area contributed by atoms with Crippen LogP contribution >= 0.6 is 11.8 Å². The Hall–Kier alpha value is -1.86. The first-order chi connectivity index (χ1) is 10.2. The standard InChI is InChI=1S/C14H17N3O3S/c1-20-8-7-12-13(14(18)19)15-16-17(12)9-10-3-5-11(21-2)6-4-10/h3-6H,7-9H2,1-2H3,(H,18,19). The van der Waals surface area contributed by atoms with E-state index in [2.05, 4.69) is 10.3 Å². The van der Waals surface area contributed by atoms with Crippen LogP contribution in [0.25, 0.3) is 0 Å². The Bertz CT molecular complexity index is 610. The molecule has 0 aliphatic heterocycles. The van der Waals surface area contributed by atoms with Crippen molar-refractivity contribution >= 4 is 17.7 Å². The number of carbonyl (C=O) groups is 1. The number of rotatable bonds is 7. The molecule has 112 valence electrons. The van der Waals surface area contributed by atoms with Crippen molar-refractivity contribution in [1.82, 2.24) is 15.0 Å². The van der Waals surface area contributed by atoms with Gasteiger partial charge in [-0.15, -0.1) is 16.9 Å². The van der Waals surface area contributed by atoms with Gasteiger partial charge in [-0.3, -0.25) is 0 Å². The van der Waals surface area contributed by atoms with E-state index >= 15 is 0 Å². The van der Waals surface area contributed by atoms with Crippen molar-refractivity contribution in [2.45, 2.75) is 17.9 Å². The lowest BCUT2D eigenvalue weighted by atomic mass is 10.2. The van der Waals surface area contributed by atoms with E-state index in [0.717, 1.165) is 5.56 Å². The van der Waals surface area contributed by atoms with Gasteiger partial charge >= 0.3 is 5.97 Å². The number of benzene rings is 1. The number of methoxy groups -OCH3 is 1. The lowest BCUT2D eigenvalue weighted by Gasteiger charge is -2.07. The predicted octanol–water partition coefficient (Wildman–Crippen LogP) is 1.94. The molecule has 2 rings (SSSR count). The number of ether oxygens (including phenoxy) is 1. The zero-order valence-corrected chi connectivity index (χ0v) is 12.8. The smallest absolute Gasteiger partial charge is 0.358 e. The maximum Gasteiger partial charge on any atom is 0.358 e. The van der Waals surface area contributed by atoms with Crippen LogP contribution in [0.2, 0.25) is 0 Å². The zero-order valence-electron chi connectivity index (χ0n) is 11.9. The fraction of sp³-hybridized carbons (Fsp3) is 0.357. The first kappa shape index (κ1) is 15.5. The molecule has 21 heavy (non-hydrogen) atoms. The molecule has 7 heteroatoms. The van der Waals surface area contributed by atoms with E-state index in [1.54, 1.807) is 23.6 Å². The summed E-state index contributed by atoms with van der Waals surface area (Å²) in [5.41, 5.74) is 1.62. The minimum Gasteiger partial charge on any atom is -0.476 e. The molecule has 0 saturated carbocycles. The van der Waals surface area contributed by atoms with Crippen molar-refractivity contribution in [3.8, 4) is 0 Å². The average Bonchev–Trinajstić information content (AvgIpc) is 2.89. The van der Waals surface area contributed by atoms with E-state index < -0.39 is 5.97 Å². The SMILES string of the molecule is COCCc1c(C(=O)O)nnn1Cc1ccc(SC)cc1. The number of hydrogen-bond acceptors (Lipinski definition) is 5. The van der Waals surface area contributed by atoms with Crippen LogP contribution in [0.5, 0.6) is 0 Å². The van der Waals surface area contributed by atoms with Crippen LogP contribution in [-0.2, 0) is 17.7 Å². The van der Waals surface area contributed by atoms with Gasteiger partial charge in [0.2, 0.25) is 0 Å². The summed E-state index contributed by atoms with van der Waals surface area (Å²) in [6, 6.07) is 8.08. The zero-order chi connectivity index (χ0) is 15.2.